The molecule has 0 amide bonds. The van der Waals surface area contributed by atoms with Crippen LogP contribution in [-0.2, 0) is 13.5 Å². The van der Waals surface area contributed by atoms with E-state index in [0.717, 1.165) is 34.9 Å². The van der Waals surface area contributed by atoms with Crippen molar-refractivity contribution < 1.29 is 9.47 Å². The SMILES string of the molecule is CCc1cc(C(N)c2cc(OC)ccc2OC)n(C)n1. The summed E-state index contributed by atoms with van der Waals surface area (Å²) < 4.78 is 12.5. The van der Waals surface area contributed by atoms with Gasteiger partial charge in [0, 0.05) is 12.6 Å². The van der Waals surface area contributed by atoms with Gasteiger partial charge in [-0.25, -0.2) is 0 Å². The van der Waals surface area contributed by atoms with Crippen molar-refractivity contribution in [2.75, 3.05) is 14.2 Å². The molecule has 0 aliphatic rings. The van der Waals surface area contributed by atoms with Gasteiger partial charge < -0.3 is 15.2 Å². The first-order valence-corrected chi connectivity index (χ1v) is 6.61. The Kier molecular flexibility index (Phi) is 4.29. The Morgan fingerprint density at radius 1 is 1.25 bits per heavy atom. The highest BCUT2D eigenvalue weighted by molar-refractivity contribution is 5.45. The summed E-state index contributed by atoms with van der Waals surface area (Å²) in [4.78, 5) is 0. The molecule has 20 heavy (non-hydrogen) atoms. The zero-order valence-electron chi connectivity index (χ0n) is 12.4. The predicted molar refractivity (Wildman–Crippen MR) is 78.2 cm³/mol. The minimum atomic E-state index is -0.308. The lowest BCUT2D eigenvalue weighted by Crippen LogP contribution is -2.17. The highest BCUT2D eigenvalue weighted by Gasteiger charge is 2.19. The standard InChI is InChI=1S/C15H21N3O2/c1-5-10-8-13(18(2)17-10)15(16)12-9-11(19-3)6-7-14(12)20-4/h6-9,15H,5,16H2,1-4H3. The fraction of sp³-hybridized carbons (Fsp3) is 0.400. The van der Waals surface area contributed by atoms with E-state index in [1.165, 1.54) is 0 Å². The van der Waals surface area contributed by atoms with Crippen molar-refractivity contribution >= 4 is 0 Å². The number of methoxy groups -OCH3 is 2. The first-order valence-electron chi connectivity index (χ1n) is 6.61. The molecule has 1 atom stereocenters. The minimum Gasteiger partial charge on any atom is -0.497 e. The van der Waals surface area contributed by atoms with Crippen LogP contribution in [-0.4, -0.2) is 24.0 Å². The molecule has 0 bridgehead atoms. The number of hydrogen-bond donors (Lipinski definition) is 1. The number of nitrogens with two attached hydrogens (primary N) is 1. The van der Waals surface area contributed by atoms with Crippen molar-refractivity contribution in [3.8, 4) is 11.5 Å². The number of rotatable bonds is 5. The van der Waals surface area contributed by atoms with Crippen molar-refractivity contribution in [2.45, 2.75) is 19.4 Å². The molecule has 1 unspecified atom stereocenters. The molecule has 0 spiro atoms. The van der Waals surface area contributed by atoms with E-state index in [1.54, 1.807) is 14.2 Å². The summed E-state index contributed by atoms with van der Waals surface area (Å²) in [5.41, 5.74) is 9.26. The maximum atomic E-state index is 6.39. The van der Waals surface area contributed by atoms with Crippen LogP contribution in [0.4, 0.5) is 0 Å². The molecule has 5 heteroatoms. The average molecular weight is 275 g/mol. The fourth-order valence-electron chi connectivity index (χ4n) is 2.25. The molecule has 0 radical (unpaired) electrons. The van der Waals surface area contributed by atoms with Gasteiger partial charge >= 0.3 is 0 Å². The predicted octanol–water partition coefficient (Wildman–Crippen LogP) is 2.05. The van der Waals surface area contributed by atoms with Crippen LogP contribution in [0.3, 0.4) is 0 Å². The van der Waals surface area contributed by atoms with Gasteiger partial charge in [0.15, 0.2) is 0 Å². The number of nitrogens with zero attached hydrogens (tertiary/aromatic N) is 2. The van der Waals surface area contributed by atoms with Gasteiger partial charge in [-0.05, 0) is 30.7 Å². The third kappa shape index (κ3) is 2.63. The van der Waals surface area contributed by atoms with Gasteiger partial charge in [-0.1, -0.05) is 6.92 Å². The van der Waals surface area contributed by atoms with Crippen LogP contribution >= 0.6 is 0 Å². The molecular weight excluding hydrogens is 254 g/mol. The Hall–Kier alpha value is -2.01. The van der Waals surface area contributed by atoms with Crippen LogP contribution in [0.15, 0.2) is 24.3 Å². The van der Waals surface area contributed by atoms with Gasteiger partial charge in [-0.2, -0.15) is 5.10 Å². The average Bonchev–Trinajstić information content (AvgIpc) is 2.86. The molecule has 0 saturated heterocycles. The number of ether oxygens (including phenoxy) is 2. The topological polar surface area (TPSA) is 62.3 Å². The number of aryl methyl sites for hydroxylation is 2. The third-order valence-electron chi connectivity index (χ3n) is 3.42. The molecule has 0 aliphatic carbocycles. The van der Waals surface area contributed by atoms with Crippen LogP contribution in [0.1, 0.15) is 29.9 Å². The zero-order valence-corrected chi connectivity index (χ0v) is 12.4. The quantitative estimate of drug-likeness (QED) is 0.907. The van der Waals surface area contributed by atoms with Gasteiger partial charge in [0.1, 0.15) is 11.5 Å². The second-order valence-electron chi connectivity index (χ2n) is 4.62. The maximum absolute atomic E-state index is 6.39. The second-order valence-corrected chi connectivity index (χ2v) is 4.62. The fourth-order valence-corrected chi connectivity index (χ4v) is 2.25. The first kappa shape index (κ1) is 14.4. The van der Waals surface area contributed by atoms with E-state index in [4.69, 9.17) is 15.2 Å². The normalized spacial score (nSPS) is 12.2. The van der Waals surface area contributed by atoms with E-state index in [-0.39, 0.29) is 6.04 Å². The van der Waals surface area contributed by atoms with Gasteiger partial charge in [-0.15, -0.1) is 0 Å². The minimum absolute atomic E-state index is 0.308. The smallest absolute Gasteiger partial charge is 0.124 e. The maximum Gasteiger partial charge on any atom is 0.124 e. The highest BCUT2D eigenvalue weighted by atomic mass is 16.5. The molecule has 2 aromatic rings. The number of benzene rings is 1. The van der Waals surface area contributed by atoms with Crippen LogP contribution in [0.2, 0.25) is 0 Å². The lowest BCUT2D eigenvalue weighted by Gasteiger charge is -2.17. The Balaban J connectivity index is 2.45. The summed E-state index contributed by atoms with van der Waals surface area (Å²) in [6.07, 6.45) is 0.885. The number of aromatic nitrogens is 2. The Morgan fingerprint density at radius 2 is 2.00 bits per heavy atom. The van der Waals surface area contributed by atoms with Crippen molar-refractivity contribution in [1.29, 1.82) is 0 Å². The van der Waals surface area contributed by atoms with E-state index >= 15 is 0 Å². The lowest BCUT2D eigenvalue weighted by molar-refractivity contribution is 0.396. The van der Waals surface area contributed by atoms with E-state index in [0.29, 0.717) is 0 Å². The van der Waals surface area contributed by atoms with Gasteiger partial charge in [-0.3, -0.25) is 4.68 Å². The number of hydrogen-bond acceptors (Lipinski definition) is 4. The van der Waals surface area contributed by atoms with Crippen molar-refractivity contribution in [3.63, 3.8) is 0 Å². The van der Waals surface area contributed by atoms with E-state index < -0.39 is 0 Å². The molecule has 5 nitrogen and oxygen atoms in total. The van der Waals surface area contributed by atoms with Gasteiger partial charge in [0.05, 0.1) is 31.6 Å². The molecule has 0 saturated carbocycles. The second kappa shape index (κ2) is 5.96. The molecule has 1 aromatic heterocycles. The molecule has 0 fully saturated rings. The van der Waals surface area contributed by atoms with Crippen LogP contribution in [0.5, 0.6) is 11.5 Å². The molecular formula is C15H21N3O2. The summed E-state index contributed by atoms with van der Waals surface area (Å²) in [6, 6.07) is 7.35. The van der Waals surface area contributed by atoms with Crippen molar-refractivity contribution in [1.82, 2.24) is 9.78 Å². The third-order valence-corrected chi connectivity index (χ3v) is 3.42. The Morgan fingerprint density at radius 3 is 2.55 bits per heavy atom. The van der Waals surface area contributed by atoms with Crippen molar-refractivity contribution in [2.24, 2.45) is 12.8 Å². The molecule has 2 rings (SSSR count). The summed E-state index contributed by atoms with van der Waals surface area (Å²) in [7, 11) is 5.18. The summed E-state index contributed by atoms with van der Waals surface area (Å²) in [5, 5.41) is 4.44. The van der Waals surface area contributed by atoms with E-state index in [2.05, 4.69) is 12.0 Å². The zero-order chi connectivity index (χ0) is 14.7. The highest BCUT2D eigenvalue weighted by Crippen LogP contribution is 2.31. The Labute approximate surface area is 119 Å². The van der Waals surface area contributed by atoms with Crippen molar-refractivity contribution in [3.05, 3.63) is 41.2 Å². The molecule has 1 heterocycles. The molecule has 2 N–H and O–H groups in total. The summed E-state index contributed by atoms with van der Waals surface area (Å²) in [5.74, 6) is 1.51. The van der Waals surface area contributed by atoms with Crippen LogP contribution < -0.4 is 15.2 Å². The summed E-state index contributed by atoms with van der Waals surface area (Å²) >= 11 is 0. The van der Waals surface area contributed by atoms with E-state index in [1.807, 2.05) is 36.0 Å². The van der Waals surface area contributed by atoms with Gasteiger partial charge in [0.25, 0.3) is 0 Å². The monoisotopic (exact) mass is 275 g/mol. The molecule has 0 aliphatic heterocycles. The first-order chi connectivity index (χ1) is 9.60. The molecule has 1 aromatic carbocycles. The van der Waals surface area contributed by atoms with E-state index in [9.17, 15) is 0 Å². The molecule has 108 valence electrons. The van der Waals surface area contributed by atoms with Gasteiger partial charge in [0.2, 0.25) is 0 Å². The largest absolute Gasteiger partial charge is 0.497 e. The Bertz CT molecular complexity index is 593. The van der Waals surface area contributed by atoms with Crippen LogP contribution in [0.25, 0.3) is 0 Å². The summed E-state index contributed by atoms with van der Waals surface area (Å²) in [6.45, 7) is 2.07. The lowest BCUT2D eigenvalue weighted by atomic mass is 10.0. The van der Waals surface area contributed by atoms with Crippen LogP contribution in [0, 0.1) is 0 Å².